The predicted molar refractivity (Wildman–Crippen MR) is 76.5 cm³/mol. The molecule has 2 rings (SSSR count). The first kappa shape index (κ1) is 15.1. The van der Waals surface area contributed by atoms with Crippen LogP contribution in [-0.4, -0.2) is 41.6 Å². The van der Waals surface area contributed by atoms with E-state index in [1.54, 1.807) is 0 Å². The van der Waals surface area contributed by atoms with E-state index in [1.807, 2.05) is 4.90 Å². The number of hydrogen-bond acceptors (Lipinski definition) is 2. The third kappa shape index (κ3) is 3.64. The van der Waals surface area contributed by atoms with Crippen molar-refractivity contribution in [3.63, 3.8) is 0 Å². The predicted octanol–water partition coefficient (Wildman–Crippen LogP) is 2.46. The normalized spacial score (nSPS) is 24.2. The highest BCUT2D eigenvalue weighted by Gasteiger charge is 2.36. The van der Waals surface area contributed by atoms with Crippen molar-refractivity contribution in [1.29, 1.82) is 0 Å². The number of amides is 2. The lowest BCUT2D eigenvalue weighted by Crippen LogP contribution is -2.46. The molecule has 1 aliphatic heterocycles. The van der Waals surface area contributed by atoms with Gasteiger partial charge in [-0.1, -0.05) is 13.3 Å². The van der Waals surface area contributed by atoms with Crippen molar-refractivity contribution in [3.8, 4) is 0 Å². The van der Waals surface area contributed by atoms with Crippen molar-refractivity contribution >= 4 is 12.0 Å². The van der Waals surface area contributed by atoms with Crippen LogP contribution in [0, 0.1) is 11.3 Å². The molecule has 20 heavy (non-hydrogen) atoms. The molecule has 0 aromatic heterocycles. The molecule has 2 N–H and O–H groups in total. The van der Waals surface area contributed by atoms with Gasteiger partial charge in [0.05, 0.1) is 0 Å². The number of urea groups is 1. The van der Waals surface area contributed by atoms with Crippen LogP contribution in [0.3, 0.4) is 0 Å². The van der Waals surface area contributed by atoms with E-state index in [4.69, 9.17) is 5.11 Å². The van der Waals surface area contributed by atoms with Gasteiger partial charge in [-0.2, -0.15) is 0 Å². The van der Waals surface area contributed by atoms with E-state index >= 15 is 0 Å². The summed E-state index contributed by atoms with van der Waals surface area (Å²) in [5.41, 5.74) is 0.345. The number of carbonyl (C=O) groups is 2. The van der Waals surface area contributed by atoms with Gasteiger partial charge < -0.3 is 15.3 Å². The Morgan fingerprint density at radius 1 is 1.40 bits per heavy atom. The Morgan fingerprint density at radius 3 is 2.70 bits per heavy atom. The molecule has 5 heteroatoms. The Hall–Kier alpha value is -1.26. The minimum absolute atomic E-state index is 0.0301. The summed E-state index contributed by atoms with van der Waals surface area (Å²) in [6.07, 6.45) is 6.69. The number of hydrogen-bond donors (Lipinski definition) is 2. The lowest BCUT2D eigenvalue weighted by atomic mass is 9.67. The van der Waals surface area contributed by atoms with Crippen LogP contribution in [0.15, 0.2) is 0 Å². The van der Waals surface area contributed by atoms with Gasteiger partial charge >= 0.3 is 12.0 Å². The summed E-state index contributed by atoms with van der Waals surface area (Å²) in [5.74, 6) is -0.400. The van der Waals surface area contributed by atoms with Gasteiger partial charge in [0.25, 0.3) is 0 Å². The molecule has 1 saturated carbocycles. The molecule has 5 nitrogen and oxygen atoms in total. The van der Waals surface area contributed by atoms with Crippen LogP contribution in [0.5, 0.6) is 0 Å². The van der Waals surface area contributed by atoms with E-state index in [0.717, 1.165) is 25.9 Å². The van der Waals surface area contributed by atoms with E-state index in [1.165, 1.54) is 19.3 Å². The minimum Gasteiger partial charge on any atom is -0.481 e. The molecule has 1 atom stereocenters. The number of nitrogens with one attached hydrogen (secondary N) is 1. The van der Waals surface area contributed by atoms with Crippen LogP contribution in [-0.2, 0) is 4.79 Å². The van der Waals surface area contributed by atoms with Crippen LogP contribution >= 0.6 is 0 Å². The molecule has 2 aliphatic rings. The summed E-state index contributed by atoms with van der Waals surface area (Å²) < 4.78 is 0. The van der Waals surface area contributed by atoms with Gasteiger partial charge in [-0.3, -0.25) is 4.79 Å². The van der Waals surface area contributed by atoms with Crippen LogP contribution in [0.1, 0.15) is 51.9 Å². The van der Waals surface area contributed by atoms with E-state index < -0.39 is 5.97 Å². The summed E-state index contributed by atoms with van der Waals surface area (Å²) in [6.45, 7) is 4.45. The zero-order valence-corrected chi connectivity index (χ0v) is 12.4. The number of rotatable bonds is 6. The summed E-state index contributed by atoms with van der Waals surface area (Å²) in [4.78, 5) is 24.5. The maximum atomic E-state index is 12.1. The first-order valence-corrected chi connectivity index (χ1v) is 7.79. The summed E-state index contributed by atoms with van der Waals surface area (Å²) in [6, 6.07) is 0.0301. The van der Waals surface area contributed by atoms with Crippen molar-refractivity contribution in [2.24, 2.45) is 11.3 Å². The van der Waals surface area contributed by atoms with Crippen LogP contribution in [0.4, 0.5) is 4.79 Å². The van der Waals surface area contributed by atoms with Crippen molar-refractivity contribution in [3.05, 3.63) is 0 Å². The molecule has 1 aliphatic carbocycles. The second-order valence-electron chi connectivity index (χ2n) is 6.40. The third-order valence-corrected chi connectivity index (χ3v) is 5.12. The van der Waals surface area contributed by atoms with Gasteiger partial charge in [0, 0.05) is 26.1 Å². The third-order valence-electron chi connectivity index (χ3n) is 5.12. The van der Waals surface area contributed by atoms with E-state index in [0.29, 0.717) is 24.3 Å². The summed E-state index contributed by atoms with van der Waals surface area (Å²) in [5, 5.41) is 11.8. The second-order valence-corrected chi connectivity index (χ2v) is 6.40. The summed E-state index contributed by atoms with van der Waals surface area (Å²) in [7, 11) is 0. The topological polar surface area (TPSA) is 69.6 Å². The van der Waals surface area contributed by atoms with E-state index in [9.17, 15) is 9.59 Å². The SMILES string of the molecule is CCC1(CNC(=O)N2CCC(CCC(=O)O)C2)CCC1. The largest absolute Gasteiger partial charge is 0.481 e. The fourth-order valence-corrected chi connectivity index (χ4v) is 3.29. The monoisotopic (exact) mass is 282 g/mol. The highest BCUT2D eigenvalue weighted by atomic mass is 16.4. The molecule has 1 saturated heterocycles. The fourth-order valence-electron chi connectivity index (χ4n) is 3.29. The average molecular weight is 282 g/mol. The average Bonchev–Trinajstić information content (AvgIpc) is 2.84. The minimum atomic E-state index is -0.747. The molecular weight excluding hydrogens is 256 g/mol. The second kappa shape index (κ2) is 6.46. The molecule has 2 amide bonds. The van der Waals surface area contributed by atoms with Crippen LogP contribution in [0.25, 0.3) is 0 Å². The maximum Gasteiger partial charge on any atom is 0.317 e. The van der Waals surface area contributed by atoms with Crippen LogP contribution < -0.4 is 5.32 Å². The van der Waals surface area contributed by atoms with Gasteiger partial charge in [0.15, 0.2) is 0 Å². The molecule has 0 radical (unpaired) electrons. The fraction of sp³-hybridized carbons (Fsp3) is 0.867. The van der Waals surface area contributed by atoms with Gasteiger partial charge in [-0.05, 0) is 43.4 Å². The molecular formula is C15H26N2O3. The molecule has 0 aromatic carbocycles. The van der Waals surface area contributed by atoms with Gasteiger partial charge in [-0.15, -0.1) is 0 Å². The number of nitrogens with zero attached hydrogens (tertiary/aromatic N) is 1. The van der Waals surface area contributed by atoms with Crippen molar-refractivity contribution in [2.75, 3.05) is 19.6 Å². The molecule has 1 unspecified atom stereocenters. The number of likely N-dealkylation sites (tertiary alicyclic amines) is 1. The highest BCUT2D eigenvalue weighted by molar-refractivity contribution is 5.74. The standard InChI is InChI=1S/C15H26N2O3/c1-2-15(7-3-8-15)11-16-14(20)17-9-6-12(10-17)4-5-13(18)19/h12H,2-11H2,1H3,(H,16,20)(H,18,19). The number of carboxylic acids is 1. The Labute approximate surface area is 120 Å². The molecule has 1 heterocycles. The maximum absolute atomic E-state index is 12.1. The van der Waals surface area contributed by atoms with Gasteiger partial charge in [-0.25, -0.2) is 4.79 Å². The van der Waals surface area contributed by atoms with E-state index in [-0.39, 0.29) is 12.5 Å². The van der Waals surface area contributed by atoms with Crippen molar-refractivity contribution in [1.82, 2.24) is 10.2 Å². The summed E-state index contributed by atoms with van der Waals surface area (Å²) >= 11 is 0. The quantitative estimate of drug-likeness (QED) is 0.786. The Kier molecular flexibility index (Phi) is 4.89. The zero-order valence-electron chi connectivity index (χ0n) is 12.4. The number of aliphatic carboxylic acids is 1. The van der Waals surface area contributed by atoms with Gasteiger partial charge in [0.1, 0.15) is 0 Å². The number of carboxylic acid groups (broad SMARTS) is 1. The van der Waals surface area contributed by atoms with Crippen LogP contribution in [0.2, 0.25) is 0 Å². The smallest absolute Gasteiger partial charge is 0.317 e. The highest BCUT2D eigenvalue weighted by Crippen LogP contribution is 2.43. The molecule has 0 bridgehead atoms. The number of carbonyl (C=O) groups excluding carboxylic acids is 1. The van der Waals surface area contributed by atoms with Gasteiger partial charge in [0.2, 0.25) is 0 Å². The lowest BCUT2D eigenvalue weighted by molar-refractivity contribution is -0.137. The Bertz CT molecular complexity index is 361. The Balaban J connectivity index is 1.70. The van der Waals surface area contributed by atoms with Crippen molar-refractivity contribution < 1.29 is 14.7 Å². The lowest BCUT2D eigenvalue weighted by Gasteiger charge is -2.41. The van der Waals surface area contributed by atoms with E-state index in [2.05, 4.69) is 12.2 Å². The first-order chi connectivity index (χ1) is 9.54. The first-order valence-electron chi connectivity index (χ1n) is 7.79. The molecule has 114 valence electrons. The molecule has 0 aromatic rings. The van der Waals surface area contributed by atoms with Crippen molar-refractivity contribution in [2.45, 2.75) is 51.9 Å². The Morgan fingerprint density at radius 2 is 2.15 bits per heavy atom. The zero-order chi connectivity index (χ0) is 14.6. The molecule has 0 spiro atoms. The molecule has 2 fully saturated rings.